The molecule has 1 aromatic carbocycles. The van der Waals surface area contributed by atoms with Crippen LogP contribution < -0.4 is 10.1 Å². The predicted octanol–water partition coefficient (Wildman–Crippen LogP) is 2.42. The third kappa shape index (κ3) is 3.90. The van der Waals surface area contributed by atoms with Crippen molar-refractivity contribution in [1.82, 2.24) is 25.3 Å². The number of fused-ring (bicyclic) bond motifs is 1. The molecule has 0 radical (unpaired) electrons. The molecule has 1 N–H and O–H groups in total. The lowest BCUT2D eigenvalue weighted by Crippen LogP contribution is -2.44. The van der Waals surface area contributed by atoms with E-state index >= 15 is 0 Å². The van der Waals surface area contributed by atoms with Crippen molar-refractivity contribution in [1.29, 1.82) is 0 Å². The molecule has 0 spiro atoms. The van der Waals surface area contributed by atoms with E-state index in [0.29, 0.717) is 24.0 Å². The van der Waals surface area contributed by atoms with Crippen LogP contribution in [0.25, 0.3) is 16.9 Å². The van der Waals surface area contributed by atoms with Crippen molar-refractivity contribution in [2.45, 2.75) is 25.8 Å². The summed E-state index contributed by atoms with van der Waals surface area (Å²) in [5.74, 6) is -3.56. The first-order valence-electron chi connectivity index (χ1n) is 7.40. The maximum absolute atomic E-state index is 12.9. The van der Waals surface area contributed by atoms with E-state index in [0.717, 1.165) is 5.52 Å². The molecule has 0 aliphatic rings. The third-order valence-electron chi connectivity index (χ3n) is 3.33. The monoisotopic (exact) mass is 367 g/mol. The van der Waals surface area contributed by atoms with E-state index in [2.05, 4.69) is 20.6 Å². The van der Waals surface area contributed by atoms with Crippen molar-refractivity contribution in [3.05, 3.63) is 29.1 Å². The molecule has 7 nitrogen and oxygen atoms in total. The lowest BCUT2D eigenvalue weighted by atomic mass is 10.3. The average molecular weight is 367 g/mol. The minimum atomic E-state index is -3.42. The van der Waals surface area contributed by atoms with Crippen molar-refractivity contribution >= 4 is 28.3 Å². The van der Waals surface area contributed by atoms with Crippen molar-refractivity contribution in [3.8, 4) is 11.6 Å². The second-order valence-electron chi connectivity index (χ2n) is 5.57. The van der Waals surface area contributed by atoms with Gasteiger partial charge in [0.25, 0.3) is 5.91 Å². The van der Waals surface area contributed by atoms with Crippen LogP contribution in [0.15, 0.2) is 29.1 Å². The van der Waals surface area contributed by atoms with Gasteiger partial charge in [-0.3, -0.25) is 4.79 Å². The molecule has 0 unspecified atom stereocenters. The molecule has 3 aromatic rings. The van der Waals surface area contributed by atoms with Crippen LogP contribution in [0.3, 0.4) is 0 Å². The number of nitrogens with one attached hydrogen (secondary N) is 1. The summed E-state index contributed by atoms with van der Waals surface area (Å²) in [7, 11) is 0. The fourth-order valence-electron chi connectivity index (χ4n) is 2.09. The van der Waals surface area contributed by atoms with Gasteiger partial charge in [-0.2, -0.15) is 13.5 Å². The lowest BCUT2D eigenvalue weighted by molar-refractivity contribution is -0.143. The first-order valence-corrected chi connectivity index (χ1v) is 8.34. The molecule has 2 aromatic heterocycles. The third-order valence-corrected chi connectivity index (χ3v) is 3.90. The molecule has 3 rings (SSSR count). The van der Waals surface area contributed by atoms with Gasteiger partial charge >= 0.3 is 5.92 Å². The first-order chi connectivity index (χ1) is 11.8. The van der Waals surface area contributed by atoms with Gasteiger partial charge in [-0.25, -0.2) is 4.98 Å². The number of carbonyl (C=O) groups is 1. The van der Waals surface area contributed by atoms with Crippen LogP contribution in [-0.4, -0.2) is 44.5 Å². The number of ether oxygens (including phenoxy) is 1. The maximum atomic E-state index is 12.9. The standard InChI is InChI=1S/C15H15F2N5O2S/c1-9(19-14(23)15(2,16)17)6-24-10-3-4-12-11(5-10)20-21-22(12)13-7-25-8-18-13/h3-5,7-9H,6H2,1-2H3,(H,19,23)/t9-/m0/s1. The van der Waals surface area contributed by atoms with E-state index in [1.807, 2.05) is 5.38 Å². The molecule has 132 valence electrons. The Hall–Kier alpha value is -2.62. The molecule has 0 saturated heterocycles. The van der Waals surface area contributed by atoms with Gasteiger partial charge in [-0.1, -0.05) is 5.21 Å². The smallest absolute Gasteiger partial charge is 0.321 e. The van der Waals surface area contributed by atoms with Gasteiger partial charge in [0.1, 0.15) is 17.9 Å². The SMILES string of the molecule is C[C@@H](COc1ccc2c(c1)nnn2-c1cscn1)NC(=O)C(C)(F)F. The number of benzene rings is 1. The van der Waals surface area contributed by atoms with Crippen molar-refractivity contribution < 1.29 is 18.3 Å². The van der Waals surface area contributed by atoms with E-state index in [1.165, 1.54) is 11.3 Å². The van der Waals surface area contributed by atoms with Crippen molar-refractivity contribution in [3.63, 3.8) is 0 Å². The van der Waals surface area contributed by atoms with E-state index in [-0.39, 0.29) is 6.61 Å². The normalized spacial score (nSPS) is 13.0. The Morgan fingerprint density at radius 2 is 2.28 bits per heavy atom. The Morgan fingerprint density at radius 3 is 2.96 bits per heavy atom. The summed E-state index contributed by atoms with van der Waals surface area (Å²) in [5.41, 5.74) is 3.09. The fraction of sp³-hybridized carbons (Fsp3) is 0.333. The zero-order chi connectivity index (χ0) is 18.0. The Labute approximate surface area is 145 Å². The van der Waals surface area contributed by atoms with E-state index in [9.17, 15) is 13.6 Å². The van der Waals surface area contributed by atoms with Crippen molar-refractivity contribution in [2.75, 3.05) is 6.61 Å². The summed E-state index contributed by atoms with van der Waals surface area (Å²) in [6, 6.07) is 4.62. The van der Waals surface area contributed by atoms with Gasteiger partial charge in [0.05, 0.1) is 17.1 Å². The van der Waals surface area contributed by atoms with Gasteiger partial charge in [0.15, 0.2) is 5.82 Å². The molecule has 1 amide bonds. The molecular weight excluding hydrogens is 352 g/mol. The number of carbonyl (C=O) groups excluding carboxylic acids is 1. The maximum Gasteiger partial charge on any atom is 0.321 e. The Balaban J connectivity index is 1.66. The van der Waals surface area contributed by atoms with Crippen LogP contribution in [0.1, 0.15) is 13.8 Å². The number of hydrogen-bond acceptors (Lipinski definition) is 6. The van der Waals surface area contributed by atoms with Crippen LogP contribution in [0, 0.1) is 0 Å². The summed E-state index contributed by atoms with van der Waals surface area (Å²) in [5, 5.41) is 12.2. The van der Waals surface area contributed by atoms with E-state index in [1.54, 1.807) is 35.3 Å². The van der Waals surface area contributed by atoms with Gasteiger partial charge in [0, 0.05) is 18.4 Å². The predicted molar refractivity (Wildman–Crippen MR) is 88.3 cm³/mol. The van der Waals surface area contributed by atoms with Crippen LogP contribution in [-0.2, 0) is 4.79 Å². The molecule has 1 atom stereocenters. The molecule has 0 saturated carbocycles. The summed E-state index contributed by atoms with van der Waals surface area (Å²) >= 11 is 1.46. The second kappa shape index (κ2) is 6.71. The first kappa shape index (κ1) is 17.2. The zero-order valence-electron chi connectivity index (χ0n) is 13.4. The Bertz CT molecular complexity index is 876. The number of amides is 1. The molecular formula is C15H15F2N5O2S. The molecule has 0 aliphatic heterocycles. The van der Waals surface area contributed by atoms with Gasteiger partial charge in [0.2, 0.25) is 0 Å². The molecule has 0 aliphatic carbocycles. The van der Waals surface area contributed by atoms with Gasteiger partial charge in [-0.15, -0.1) is 16.4 Å². The number of nitrogens with zero attached hydrogens (tertiary/aromatic N) is 4. The largest absolute Gasteiger partial charge is 0.491 e. The van der Waals surface area contributed by atoms with Gasteiger partial charge < -0.3 is 10.1 Å². The number of alkyl halides is 2. The topological polar surface area (TPSA) is 81.9 Å². The zero-order valence-corrected chi connectivity index (χ0v) is 14.3. The van der Waals surface area contributed by atoms with Gasteiger partial charge in [-0.05, 0) is 19.1 Å². The molecule has 0 fully saturated rings. The minimum absolute atomic E-state index is 0.0492. The summed E-state index contributed by atoms with van der Waals surface area (Å²) < 4.78 is 32.9. The highest BCUT2D eigenvalue weighted by Crippen LogP contribution is 2.21. The number of rotatable bonds is 6. The molecule has 2 heterocycles. The Kier molecular flexibility index (Phi) is 4.62. The summed E-state index contributed by atoms with van der Waals surface area (Å²) in [4.78, 5) is 15.4. The Morgan fingerprint density at radius 1 is 1.48 bits per heavy atom. The van der Waals surface area contributed by atoms with Crippen molar-refractivity contribution in [2.24, 2.45) is 0 Å². The quantitative estimate of drug-likeness (QED) is 0.724. The fourth-order valence-corrected chi connectivity index (χ4v) is 2.60. The minimum Gasteiger partial charge on any atom is -0.491 e. The van der Waals surface area contributed by atoms with Crippen LogP contribution >= 0.6 is 11.3 Å². The second-order valence-corrected chi connectivity index (χ2v) is 6.29. The summed E-state index contributed by atoms with van der Waals surface area (Å²) in [6.45, 7) is 2.18. The summed E-state index contributed by atoms with van der Waals surface area (Å²) in [6.07, 6.45) is 0. The van der Waals surface area contributed by atoms with Crippen LogP contribution in [0.2, 0.25) is 0 Å². The number of halogens is 2. The lowest BCUT2D eigenvalue weighted by Gasteiger charge is -2.17. The van der Waals surface area contributed by atoms with E-state index < -0.39 is 17.9 Å². The molecule has 10 heteroatoms. The highest BCUT2D eigenvalue weighted by atomic mass is 32.1. The van der Waals surface area contributed by atoms with E-state index in [4.69, 9.17) is 4.74 Å². The average Bonchev–Trinajstić information content (AvgIpc) is 3.20. The highest BCUT2D eigenvalue weighted by Gasteiger charge is 2.32. The molecule has 25 heavy (non-hydrogen) atoms. The number of hydrogen-bond donors (Lipinski definition) is 1. The van der Waals surface area contributed by atoms with Crippen LogP contribution in [0.5, 0.6) is 5.75 Å². The number of aromatic nitrogens is 4. The molecule has 0 bridgehead atoms. The highest BCUT2D eigenvalue weighted by molar-refractivity contribution is 7.07. The number of thiazole rings is 1. The van der Waals surface area contributed by atoms with Crippen LogP contribution in [0.4, 0.5) is 8.78 Å².